The second-order valence-electron chi connectivity index (χ2n) is 0.557. The Hall–Kier alpha value is 0.768. The third kappa shape index (κ3) is 9.90. The van der Waals surface area contributed by atoms with Gasteiger partial charge in [-0.05, 0) is 0 Å². The Labute approximate surface area is 61.2 Å². The molecule has 8 heteroatoms. The van der Waals surface area contributed by atoms with Crippen LogP contribution in [0.25, 0.3) is 0 Å². The molecule has 2 N–H and O–H groups in total. The molecule has 0 aromatic carbocycles. The molecular formula is H2MoO5P2+2. The van der Waals surface area contributed by atoms with Crippen LogP contribution in [0.5, 0.6) is 0 Å². The largest absolute Gasteiger partial charge is 0.745 e. The molecule has 0 fully saturated rings. The van der Waals surface area contributed by atoms with Crippen molar-refractivity contribution in [1.29, 1.82) is 0 Å². The second-order valence-corrected chi connectivity index (χ2v) is 2.16. The monoisotopic (exact) mass is 242 g/mol. The molecule has 8 heavy (non-hydrogen) atoms. The SMILES string of the molecule is O=[P+](O)O[P+](=O)O.[Mo]. The van der Waals surface area contributed by atoms with Crippen molar-refractivity contribution < 1.29 is 44.3 Å². The van der Waals surface area contributed by atoms with Crippen LogP contribution in [-0.2, 0) is 34.5 Å². The summed E-state index contributed by atoms with van der Waals surface area (Å²) < 4.78 is 22.2. The summed E-state index contributed by atoms with van der Waals surface area (Å²) in [6.45, 7) is 0. The van der Waals surface area contributed by atoms with E-state index in [9.17, 15) is 9.13 Å². The fourth-order valence-electron chi connectivity index (χ4n) is 0.0598. The summed E-state index contributed by atoms with van der Waals surface area (Å²) >= 11 is 0. The van der Waals surface area contributed by atoms with Crippen molar-refractivity contribution >= 4 is 16.5 Å². The van der Waals surface area contributed by atoms with E-state index in [4.69, 9.17) is 9.79 Å². The number of rotatable bonds is 2. The molecular weight excluding hydrogens is 238 g/mol. The van der Waals surface area contributed by atoms with Gasteiger partial charge in [-0.2, -0.15) is 0 Å². The summed E-state index contributed by atoms with van der Waals surface area (Å²) in [7, 11) is -5.85. The average Bonchev–Trinajstić information content (AvgIpc) is 1.27. The van der Waals surface area contributed by atoms with E-state index in [0.717, 1.165) is 0 Å². The van der Waals surface area contributed by atoms with Crippen LogP contribution in [-0.4, -0.2) is 9.79 Å². The Bertz CT molecular complexity index is 86.6. The first kappa shape index (κ1) is 11.6. The van der Waals surface area contributed by atoms with Crippen molar-refractivity contribution in [2.75, 3.05) is 0 Å². The molecule has 0 rings (SSSR count). The van der Waals surface area contributed by atoms with Crippen LogP contribution in [0.4, 0.5) is 0 Å². The summed E-state index contributed by atoms with van der Waals surface area (Å²) in [5, 5.41) is 0. The predicted octanol–water partition coefficient (Wildman–Crippen LogP) is 0.300. The normalized spacial score (nSPS) is 11.8. The minimum Gasteiger partial charge on any atom is -0.131 e. The van der Waals surface area contributed by atoms with E-state index >= 15 is 0 Å². The molecule has 5 nitrogen and oxygen atoms in total. The van der Waals surface area contributed by atoms with E-state index in [0.29, 0.717) is 0 Å². The van der Waals surface area contributed by atoms with Crippen molar-refractivity contribution in [1.82, 2.24) is 0 Å². The Morgan fingerprint density at radius 2 is 1.38 bits per heavy atom. The van der Waals surface area contributed by atoms with Crippen LogP contribution >= 0.6 is 16.5 Å². The van der Waals surface area contributed by atoms with Crippen LogP contribution in [0.2, 0.25) is 0 Å². The number of hydrogen-bond acceptors (Lipinski definition) is 3. The van der Waals surface area contributed by atoms with Gasteiger partial charge in [-0.25, -0.2) is 0 Å². The van der Waals surface area contributed by atoms with Gasteiger partial charge < -0.3 is 0 Å². The van der Waals surface area contributed by atoms with E-state index in [1.54, 1.807) is 0 Å². The molecule has 0 aliphatic carbocycles. The summed E-state index contributed by atoms with van der Waals surface area (Å²) in [5.41, 5.74) is 0. The summed E-state index contributed by atoms with van der Waals surface area (Å²) in [6.07, 6.45) is 0. The van der Waals surface area contributed by atoms with Crippen LogP contribution in [0.3, 0.4) is 0 Å². The first-order valence-electron chi connectivity index (χ1n) is 1.13. The van der Waals surface area contributed by atoms with Gasteiger partial charge in [0.2, 0.25) is 0 Å². The molecule has 0 saturated carbocycles. The quantitative estimate of drug-likeness (QED) is 0.535. The Morgan fingerprint density at radius 1 is 1.12 bits per heavy atom. The zero-order valence-electron chi connectivity index (χ0n) is 3.42. The zero-order valence-corrected chi connectivity index (χ0v) is 7.22. The van der Waals surface area contributed by atoms with E-state index in [1.807, 2.05) is 0 Å². The van der Waals surface area contributed by atoms with Crippen molar-refractivity contribution in [3.63, 3.8) is 0 Å². The van der Waals surface area contributed by atoms with Crippen molar-refractivity contribution in [2.24, 2.45) is 0 Å². The first-order valence-corrected chi connectivity index (χ1v) is 3.39. The zero-order chi connectivity index (χ0) is 5.86. The predicted molar refractivity (Wildman–Crippen MR) is 20.7 cm³/mol. The van der Waals surface area contributed by atoms with Gasteiger partial charge in [0, 0.05) is 30.2 Å². The van der Waals surface area contributed by atoms with Crippen LogP contribution in [0.15, 0.2) is 0 Å². The van der Waals surface area contributed by atoms with Crippen LogP contribution in [0.1, 0.15) is 0 Å². The fraction of sp³-hybridized carbons (Fsp3) is 0. The Morgan fingerprint density at radius 3 is 1.38 bits per heavy atom. The molecule has 0 aromatic rings. The molecule has 0 aliphatic heterocycles. The molecule has 0 aliphatic rings. The smallest absolute Gasteiger partial charge is 0.131 e. The van der Waals surface area contributed by atoms with E-state index < -0.39 is 16.5 Å². The van der Waals surface area contributed by atoms with Gasteiger partial charge in [0.05, 0.1) is 0 Å². The molecule has 0 bridgehead atoms. The van der Waals surface area contributed by atoms with Gasteiger partial charge in [0.25, 0.3) is 0 Å². The minimum atomic E-state index is -2.92. The van der Waals surface area contributed by atoms with Crippen LogP contribution < -0.4 is 0 Å². The molecule has 0 aromatic heterocycles. The van der Waals surface area contributed by atoms with Gasteiger partial charge in [-0.1, -0.05) is 0 Å². The van der Waals surface area contributed by atoms with Crippen molar-refractivity contribution in [3.05, 3.63) is 0 Å². The molecule has 0 radical (unpaired) electrons. The number of hydrogen-bond donors (Lipinski definition) is 2. The van der Waals surface area contributed by atoms with E-state index in [-0.39, 0.29) is 21.1 Å². The van der Waals surface area contributed by atoms with E-state index in [2.05, 4.69) is 4.31 Å². The maximum Gasteiger partial charge on any atom is 0.745 e. The Balaban J connectivity index is 0. The maximum absolute atomic E-state index is 9.39. The molecule has 0 heterocycles. The summed E-state index contributed by atoms with van der Waals surface area (Å²) in [4.78, 5) is 15.3. The van der Waals surface area contributed by atoms with Gasteiger partial charge in [-0.3, -0.25) is 0 Å². The Kier molecular flexibility index (Phi) is 8.51. The molecule has 0 spiro atoms. The van der Waals surface area contributed by atoms with Crippen molar-refractivity contribution in [3.8, 4) is 0 Å². The molecule has 2 atom stereocenters. The molecule has 46 valence electrons. The van der Waals surface area contributed by atoms with E-state index in [1.165, 1.54) is 0 Å². The average molecular weight is 240 g/mol. The van der Waals surface area contributed by atoms with Gasteiger partial charge >= 0.3 is 16.5 Å². The van der Waals surface area contributed by atoms with Crippen molar-refractivity contribution in [2.45, 2.75) is 0 Å². The summed E-state index contributed by atoms with van der Waals surface area (Å²) in [6, 6.07) is 0. The minimum absolute atomic E-state index is 0. The third-order valence-corrected chi connectivity index (χ3v) is 1.26. The van der Waals surface area contributed by atoms with Gasteiger partial charge in [-0.15, -0.1) is 9.79 Å². The van der Waals surface area contributed by atoms with Crippen LogP contribution in [0, 0.1) is 0 Å². The summed E-state index contributed by atoms with van der Waals surface area (Å²) in [5.74, 6) is 0. The van der Waals surface area contributed by atoms with Gasteiger partial charge in [0.15, 0.2) is 4.31 Å². The molecule has 0 amide bonds. The molecule has 0 saturated heterocycles. The fourth-order valence-corrected chi connectivity index (χ4v) is 0.538. The standard InChI is InChI=1S/Mo.O5P2/c;1-6(2)5-7(3)4/p+2. The molecule has 2 unspecified atom stereocenters. The first-order chi connectivity index (χ1) is 3.13. The topological polar surface area (TPSA) is 83.8 Å². The second kappa shape index (κ2) is 5.90. The third-order valence-electron chi connectivity index (χ3n) is 0.140. The maximum atomic E-state index is 9.39. The van der Waals surface area contributed by atoms with Gasteiger partial charge in [0.1, 0.15) is 0 Å².